The summed E-state index contributed by atoms with van der Waals surface area (Å²) in [5.74, 6) is -0.0776. The van der Waals surface area contributed by atoms with Crippen LogP contribution >= 0.6 is 11.3 Å². The van der Waals surface area contributed by atoms with E-state index in [-0.39, 0.29) is 5.91 Å². The van der Waals surface area contributed by atoms with Gasteiger partial charge in [0.15, 0.2) is 0 Å². The number of carbonyl (C=O) groups excluding carboxylic acids is 1. The lowest BCUT2D eigenvalue weighted by atomic mass is 10.0. The summed E-state index contributed by atoms with van der Waals surface area (Å²) in [4.78, 5) is 16.2. The van der Waals surface area contributed by atoms with Gasteiger partial charge < -0.3 is 5.32 Å². The van der Waals surface area contributed by atoms with Crippen LogP contribution in [0.15, 0.2) is 59.6 Å². The van der Waals surface area contributed by atoms with Gasteiger partial charge in [-0.2, -0.15) is 11.3 Å². The second-order valence-corrected chi connectivity index (χ2v) is 5.51. The van der Waals surface area contributed by atoms with Gasteiger partial charge in [-0.05, 0) is 53.3 Å². The van der Waals surface area contributed by atoms with Gasteiger partial charge in [0.05, 0.1) is 5.56 Å². The van der Waals surface area contributed by atoms with Crippen molar-refractivity contribution in [2.45, 2.75) is 6.92 Å². The lowest BCUT2D eigenvalue weighted by molar-refractivity contribution is 0.102. The highest BCUT2D eigenvalue weighted by Crippen LogP contribution is 2.25. The van der Waals surface area contributed by atoms with E-state index in [2.05, 4.69) is 10.3 Å². The molecule has 3 nitrogen and oxygen atoms in total. The number of pyridine rings is 1. The Labute approximate surface area is 127 Å². The Balaban J connectivity index is 1.90. The maximum atomic E-state index is 12.2. The Hall–Kier alpha value is -2.46. The van der Waals surface area contributed by atoms with Crippen molar-refractivity contribution >= 4 is 22.9 Å². The third-order valence-electron chi connectivity index (χ3n) is 3.28. The number of amides is 1. The molecule has 1 amide bonds. The van der Waals surface area contributed by atoms with Crippen molar-refractivity contribution in [3.05, 3.63) is 70.7 Å². The molecule has 1 aromatic carbocycles. The van der Waals surface area contributed by atoms with Crippen molar-refractivity contribution in [3.63, 3.8) is 0 Å². The van der Waals surface area contributed by atoms with E-state index in [0.717, 1.165) is 22.4 Å². The van der Waals surface area contributed by atoms with E-state index >= 15 is 0 Å². The Bertz CT molecular complexity index is 752. The number of benzene rings is 1. The van der Waals surface area contributed by atoms with Crippen LogP contribution in [0.3, 0.4) is 0 Å². The molecule has 0 bridgehead atoms. The van der Waals surface area contributed by atoms with Crippen molar-refractivity contribution in [2.75, 3.05) is 5.32 Å². The van der Waals surface area contributed by atoms with Gasteiger partial charge >= 0.3 is 0 Å². The average Bonchev–Trinajstić information content (AvgIpc) is 3.05. The molecule has 0 atom stereocenters. The quantitative estimate of drug-likeness (QED) is 0.779. The summed E-state index contributed by atoms with van der Waals surface area (Å²) in [5, 5.41) is 6.72. The van der Waals surface area contributed by atoms with Gasteiger partial charge in [0.1, 0.15) is 0 Å². The zero-order chi connectivity index (χ0) is 14.7. The number of thiophene rings is 1. The summed E-state index contributed by atoms with van der Waals surface area (Å²) in [6, 6.07) is 11.8. The summed E-state index contributed by atoms with van der Waals surface area (Å²) in [6.45, 7) is 1.99. The fourth-order valence-electron chi connectivity index (χ4n) is 2.07. The van der Waals surface area contributed by atoms with Gasteiger partial charge in [-0.25, -0.2) is 0 Å². The van der Waals surface area contributed by atoms with Gasteiger partial charge in [-0.3, -0.25) is 9.78 Å². The van der Waals surface area contributed by atoms with Crippen LogP contribution in [0.4, 0.5) is 5.69 Å². The zero-order valence-corrected chi connectivity index (χ0v) is 12.4. The van der Waals surface area contributed by atoms with Crippen molar-refractivity contribution in [3.8, 4) is 11.1 Å². The molecule has 0 radical (unpaired) electrons. The molecule has 0 saturated heterocycles. The van der Waals surface area contributed by atoms with Gasteiger partial charge in [0.2, 0.25) is 0 Å². The fraction of sp³-hybridized carbons (Fsp3) is 0.0588. The van der Waals surface area contributed by atoms with Crippen LogP contribution in [0.25, 0.3) is 11.1 Å². The first-order valence-electron chi connectivity index (χ1n) is 6.58. The number of anilines is 1. The van der Waals surface area contributed by atoms with Crippen LogP contribution in [0, 0.1) is 6.92 Å². The molecule has 21 heavy (non-hydrogen) atoms. The summed E-state index contributed by atoms with van der Waals surface area (Å²) < 4.78 is 0. The van der Waals surface area contributed by atoms with E-state index in [1.807, 2.05) is 54.1 Å². The lowest BCUT2D eigenvalue weighted by Gasteiger charge is -2.10. The predicted molar refractivity (Wildman–Crippen MR) is 86.7 cm³/mol. The molecule has 0 spiro atoms. The third-order valence-corrected chi connectivity index (χ3v) is 3.97. The highest BCUT2D eigenvalue weighted by molar-refractivity contribution is 7.08. The topological polar surface area (TPSA) is 42.0 Å². The molecule has 1 N–H and O–H groups in total. The minimum atomic E-state index is -0.0776. The third kappa shape index (κ3) is 3.01. The van der Waals surface area contributed by atoms with Gasteiger partial charge in [0.25, 0.3) is 5.91 Å². The van der Waals surface area contributed by atoms with Crippen LogP contribution in [0.1, 0.15) is 15.9 Å². The number of aromatic nitrogens is 1. The number of hydrogen-bond donors (Lipinski definition) is 1. The van der Waals surface area contributed by atoms with Crippen LogP contribution < -0.4 is 5.32 Å². The highest BCUT2D eigenvalue weighted by atomic mass is 32.1. The first kappa shape index (κ1) is 13.5. The largest absolute Gasteiger partial charge is 0.322 e. The lowest BCUT2D eigenvalue weighted by Crippen LogP contribution is -2.11. The van der Waals surface area contributed by atoms with Crippen LogP contribution in [-0.4, -0.2) is 10.9 Å². The molecule has 2 heterocycles. The predicted octanol–water partition coefficient (Wildman–Crippen LogP) is 4.37. The summed E-state index contributed by atoms with van der Waals surface area (Å²) >= 11 is 1.51. The molecule has 0 aliphatic heterocycles. The Kier molecular flexibility index (Phi) is 3.79. The monoisotopic (exact) mass is 294 g/mol. The maximum Gasteiger partial charge on any atom is 0.256 e. The smallest absolute Gasteiger partial charge is 0.256 e. The van der Waals surface area contributed by atoms with E-state index < -0.39 is 0 Å². The number of rotatable bonds is 3. The number of carbonyl (C=O) groups is 1. The maximum absolute atomic E-state index is 12.2. The molecule has 3 aromatic rings. The second-order valence-electron chi connectivity index (χ2n) is 4.73. The molecule has 0 saturated carbocycles. The summed E-state index contributed by atoms with van der Waals surface area (Å²) in [5.41, 5.74) is 4.70. The van der Waals surface area contributed by atoms with Gasteiger partial charge in [-0.15, -0.1) is 0 Å². The van der Waals surface area contributed by atoms with Crippen LogP contribution in [-0.2, 0) is 0 Å². The number of hydrogen-bond acceptors (Lipinski definition) is 3. The molecular weight excluding hydrogens is 280 g/mol. The standard InChI is InChI=1S/C17H14N2OS/c1-12-2-3-14(13-4-7-18-8-5-13)10-16(12)19-17(20)15-6-9-21-11-15/h2-11H,1H3,(H,19,20). The van der Waals surface area contributed by atoms with Crippen molar-refractivity contribution < 1.29 is 4.79 Å². The average molecular weight is 294 g/mol. The molecule has 104 valence electrons. The van der Waals surface area contributed by atoms with Crippen LogP contribution in [0.5, 0.6) is 0 Å². The first-order chi connectivity index (χ1) is 10.2. The Morgan fingerprint density at radius 3 is 2.62 bits per heavy atom. The molecule has 4 heteroatoms. The number of nitrogens with one attached hydrogen (secondary N) is 1. The molecule has 0 aliphatic rings. The fourth-order valence-corrected chi connectivity index (χ4v) is 2.70. The van der Waals surface area contributed by atoms with E-state index in [4.69, 9.17) is 0 Å². The Morgan fingerprint density at radius 1 is 1.10 bits per heavy atom. The van der Waals surface area contributed by atoms with Crippen molar-refractivity contribution in [1.29, 1.82) is 0 Å². The van der Waals surface area contributed by atoms with Gasteiger partial charge in [-0.1, -0.05) is 12.1 Å². The number of nitrogens with zero attached hydrogens (tertiary/aromatic N) is 1. The van der Waals surface area contributed by atoms with Crippen molar-refractivity contribution in [1.82, 2.24) is 4.98 Å². The van der Waals surface area contributed by atoms with Gasteiger partial charge in [0, 0.05) is 23.5 Å². The molecule has 0 unspecified atom stereocenters. The molecule has 0 aliphatic carbocycles. The SMILES string of the molecule is Cc1ccc(-c2ccncc2)cc1NC(=O)c1ccsc1. The molecule has 0 fully saturated rings. The summed E-state index contributed by atoms with van der Waals surface area (Å²) in [6.07, 6.45) is 3.53. The summed E-state index contributed by atoms with van der Waals surface area (Å²) in [7, 11) is 0. The number of aryl methyl sites for hydroxylation is 1. The Morgan fingerprint density at radius 2 is 1.90 bits per heavy atom. The van der Waals surface area contributed by atoms with E-state index in [1.54, 1.807) is 12.4 Å². The minimum absolute atomic E-state index is 0.0776. The normalized spacial score (nSPS) is 10.3. The van der Waals surface area contributed by atoms with Crippen LogP contribution in [0.2, 0.25) is 0 Å². The zero-order valence-electron chi connectivity index (χ0n) is 11.5. The minimum Gasteiger partial charge on any atom is -0.322 e. The van der Waals surface area contributed by atoms with E-state index in [9.17, 15) is 4.79 Å². The first-order valence-corrected chi connectivity index (χ1v) is 7.53. The second kappa shape index (κ2) is 5.89. The molecule has 3 rings (SSSR count). The van der Waals surface area contributed by atoms with Crippen molar-refractivity contribution in [2.24, 2.45) is 0 Å². The molecular formula is C17H14N2OS. The molecule has 2 aromatic heterocycles. The van der Waals surface area contributed by atoms with E-state index in [1.165, 1.54) is 11.3 Å². The van der Waals surface area contributed by atoms with E-state index in [0.29, 0.717) is 5.56 Å². The highest BCUT2D eigenvalue weighted by Gasteiger charge is 2.09.